The van der Waals surface area contributed by atoms with Gasteiger partial charge in [-0.05, 0) is 66.0 Å². The zero-order valence-electron chi connectivity index (χ0n) is 20.7. The van der Waals surface area contributed by atoms with Crippen LogP contribution in [0.3, 0.4) is 0 Å². The maximum absolute atomic E-state index is 13.7. The van der Waals surface area contributed by atoms with E-state index >= 15 is 0 Å². The van der Waals surface area contributed by atoms with Gasteiger partial charge in [0.15, 0.2) is 0 Å². The lowest BCUT2D eigenvalue weighted by Gasteiger charge is -2.38. The van der Waals surface area contributed by atoms with Crippen molar-refractivity contribution in [2.24, 2.45) is 0 Å². The Morgan fingerprint density at radius 1 is 1.03 bits per heavy atom. The molecule has 1 aliphatic heterocycles. The fraction of sp³-hybridized carbons (Fsp3) is 0.379. The molecule has 3 aromatic rings. The van der Waals surface area contributed by atoms with Crippen LogP contribution < -0.4 is 0 Å². The van der Waals surface area contributed by atoms with Gasteiger partial charge in [0.2, 0.25) is 5.91 Å². The lowest BCUT2D eigenvalue weighted by Crippen LogP contribution is -2.48. The van der Waals surface area contributed by atoms with E-state index in [1.165, 1.54) is 16.0 Å². The van der Waals surface area contributed by atoms with Gasteiger partial charge in [-0.25, -0.2) is 0 Å². The maximum Gasteiger partial charge on any atom is 0.254 e. The van der Waals surface area contributed by atoms with E-state index in [1.54, 1.807) is 16.2 Å². The minimum absolute atomic E-state index is 0.0148. The maximum atomic E-state index is 13.7. The molecule has 2 heterocycles. The number of hydrogen-bond acceptors (Lipinski definition) is 3. The standard InChI is InChI=1S/C29H34N2O2S/c1-20(2)31(28(33)22-11-13-23(14-12-22)29(3,4)5)19-26(32)30-17-15-25-24(16-18-34-25)27(30)21-9-7-6-8-10-21/h6-14,16,18,20,27H,15,17,19H2,1-5H3. The molecule has 0 bridgehead atoms. The molecule has 1 aliphatic rings. The van der Waals surface area contributed by atoms with Gasteiger partial charge in [-0.15, -0.1) is 11.3 Å². The van der Waals surface area contributed by atoms with E-state index < -0.39 is 0 Å². The van der Waals surface area contributed by atoms with E-state index in [2.05, 4.69) is 44.4 Å². The first-order valence-electron chi connectivity index (χ1n) is 12.0. The first-order valence-corrected chi connectivity index (χ1v) is 12.9. The van der Waals surface area contributed by atoms with Crippen molar-refractivity contribution in [2.45, 2.75) is 58.5 Å². The SMILES string of the molecule is CC(C)N(CC(=O)N1CCc2sccc2C1c1ccccc1)C(=O)c1ccc(C(C)(C)C)cc1. The van der Waals surface area contributed by atoms with Gasteiger partial charge in [0, 0.05) is 23.0 Å². The Labute approximate surface area is 207 Å². The average molecular weight is 475 g/mol. The number of rotatable bonds is 5. The van der Waals surface area contributed by atoms with Gasteiger partial charge >= 0.3 is 0 Å². The third-order valence-corrected chi connectivity index (χ3v) is 7.59. The normalized spacial score (nSPS) is 15.8. The minimum atomic E-state index is -0.112. The van der Waals surface area contributed by atoms with Crippen molar-refractivity contribution in [3.63, 3.8) is 0 Å². The fourth-order valence-corrected chi connectivity index (χ4v) is 5.49. The molecule has 0 aliphatic carbocycles. The third-order valence-electron chi connectivity index (χ3n) is 6.59. The fourth-order valence-electron chi connectivity index (χ4n) is 4.58. The van der Waals surface area contributed by atoms with Crippen molar-refractivity contribution in [3.8, 4) is 0 Å². The molecule has 178 valence electrons. The van der Waals surface area contributed by atoms with E-state index in [0.29, 0.717) is 12.1 Å². The van der Waals surface area contributed by atoms with Gasteiger partial charge in [0.05, 0.1) is 6.04 Å². The van der Waals surface area contributed by atoms with Crippen LogP contribution in [0.15, 0.2) is 66.0 Å². The molecule has 0 radical (unpaired) electrons. The number of hydrogen-bond donors (Lipinski definition) is 0. The number of nitrogens with zero attached hydrogens (tertiary/aromatic N) is 2. The predicted molar refractivity (Wildman–Crippen MR) is 139 cm³/mol. The molecule has 34 heavy (non-hydrogen) atoms. The predicted octanol–water partition coefficient (Wildman–Crippen LogP) is 6.07. The molecule has 0 saturated carbocycles. The van der Waals surface area contributed by atoms with Crippen molar-refractivity contribution >= 4 is 23.2 Å². The molecular weight excluding hydrogens is 440 g/mol. The average Bonchev–Trinajstić information content (AvgIpc) is 3.30. The van der Waals surface area contributed by atoms with Crippen molar-refractivity contribution in [3.05, 3.63) is 93.2 Å². The highest BCUT2D eigenvalue weighted by Gasteiger charge is 2.34. The van der Waals surface area contributed by atoms with Gasteiger partial charge in [-0.1, -0.05) is 63.2 Å². The van der Waals surface area contributed by atoms with Crippen LogP contribution in [0.2, 0.25) is 0 Å². The summed E-state index contributed by atoms with van der Waals surface area (Å²) >= 11 is 1.76. The summed E-state index contributed by atoms with van der Waals surface area (Å²) in [6.45, 7) is 11.1. The van der Waals surface area contributed by atoms with E-state index in [4.69, 9.17) is 0 Å². The molecule has 1 unspecified atom stereocenters. The molecule has 4 rings (SSSR count). The highest BCUT2D eigenvalue weighted by atomic mass is 32.1. The Morgan fingerprint density at radius 2 is 1.71 bits per heavy atom. The monoisotopic (exact) mass is 474 g/mol. The van der Waals surface area contributed by atoms with Crippen molar-refractivity contribution in [1.29, 1.82) is 0 Å². The number of benzene rings is 2. The topological polar surface area (TPSA) is 40.6 Å². The van der Waals surface area contributed by atoms with Crippen LogP contribution >= 0.6 is 11.3 Å². The van der Waals surface area contributed by atoms with Gasteiger partial charge in [0.1, 0.15) is 6.54 Å². The van der Waals surface area contributed by atoms with E-state index in [9.17, 15) is 9.59 Å². The molecule has 2 amide bonds. The molecule has 5 heteroatoms. The van der Waals surface area contributed by atoms with Crippen molar-refractivity contribution in [2.75, 3.05) is 13.1 Å². The molecule has 0 saturated heterocycles. The molecule has 0 N–H and O–H groups in total. The smallest absolute Gasteiger partial charge is 0.254 e. The molecule has 1 atom stereocenters. The number of amides is 2. The highest BCUT2D eigenvalue weighted by molar-refractivity contribution is 7.10. The number of fused-ring (bicyclic) bond motifs is 1. The lowest BCUT2D eigenvalue weighted by atomic mass is 9.86. The van der Waals surface area contributed by atoms with Gasteiger partial charge < -0.3 is 9.80 Å². The largest absolute Gasteiger partial charge is 0.330 e. The zero-order valence-corrected chi connectivity index (χ0v) is 21.6. The second-order valence-electron chi connectivity index (χ2n) is 10.3. The summed E-state index contributed by atoms with van der Waals surface area (Å²) < 4.78 is 0. The number of carbonyl (C=O) groups excluding carboxylic acids is 2. The van der Waals surface area contributed by atoms with Crippen LogP contribution in [0, 0.1) is 0 Å². The van der Waals surface area contributed by atoms with Gasteiger partial charge in [-0.3, -0.25) is 9.59 Å². The van der Waals surface area contributed by atoms with Crippen molar-refractivity contribution in [1.82, 2.24) is 9.80 Å². The summed E-state index contributed by atoms with van der Waals surface area (Å²) in [7, 11) is 0. The Hall–Kier alpha value is -2.92. The number of carbonyl (C=O) groups is 2. The molecule has 1 aromatic heterocycles. The summed E-state index contributed by atoms with van der Waals surface area (Å²) in [5, 5.41) is 2.11. The van der Waals surface area contributed by atoms with Crippen molar-refractivity contribution < 1.29 is 9.59 Å². The van der Waals surface area contributed by atoms with Crippen LogP contribution in [0.4, 0.5) is 0 Å². The Bertz CT molecular complexity index is 1140. The summed E-state index contributed by atoms with van der Waals surface area (Å²) in [6.07, 6.45) is 0.853. The molecule has 0 spiro atoms. The minimum Gasteiger partial charge on any atom is -0.330 e. The second-order valence-corrected chi connectivity index (χ2v) is 11.3. The molecule has 4 nitrogen and oxygen atoms in total. The molecule has 2 aromatic carbocycles. The van der Waals surface area contributed by atoms with Crippen LogP contribution in [0.1, 0.15) is 72.6 Å². The van der Waals surface area contributed by atoms with E-state index in [1.807, 2.05) is 61.2 Å². The van der Waals surface area contributed by atoms with Crippen LogP contribution in [-0.2, 0) is 16.6 Å². The van der Waals surface area contributed by atoms with Crippen LogP contribution in [-0.4, -0.2) is 40.7 Å². The number of thiophene rings is 1. The molecular formula is C29H34N2O2S. The summed E-state index contributed by atoms with van der Waals surface area (Å²) in [6, 6.07) is 19.9. The Morgan fingerprint density at radius 3 is 2.32 bits per heavy atom. The lowest BCUT2D eigenvalue weighted by molar-refractivity contribution is -0.134. The van der Waals surface area contributed by atoms with E-state index in [-0.39, 0.29) is 35.9 Å². The third kappa shape index (κ3) is 4.95. The second kappa shape index (κ2) is 9.75. The van der Waals surface area contributed by atoms with E-state index in [0.717, 1.165) is 12.0 Å². The summed E-state index contributed by atoms with van der Waals surface area (Å²) in [5.74, 6) is -0.118. The summed E-state index contributed by atoms with van der Waals surface area (Å²) in [4.78, 5) is 32.1. The Balaban J connectivity index is 1.58. The highest BCUT2D eigenvalue weighted by Crippen LogP contribution is 2.37. The first kappa shape index (κ1) is 24.2. The quantitative estimate of drug-likeness (QED) is 0.450. The summed E-state index contributed by atoms with van der Waals surface area (Å²) in [5.41, 5.74) is 4.14. The van der Waals surface area contributed by atoms with Crippen LogP contribution in [0.5, 0.6) is 0 Å². The van der Waals surface area contributed by atoms with Gasteiger partial charge in [0.25, 0.3) is 5.91 Å². The Kier molecular flexibility index (Phi) is 6.94. The first-order chi connectivity index (χ1) is 16.2. The zero-order chi connectivity index (χ0) is 24.5. The van der Waals surface area contributed by atoms with Gasteiger partial charge in [-0.2, -0.15) is 0 Å². The molecule has 0 fully saturated rings. The van der Waals surface area contributed by atoms with Crippen LogP contribution in [0.25, 0.3) is 0 Å².